The van der Waals surface area contributed by atoms with Crippen molar-refractivity contribution in [2.24, 2.45) is 11.7 Å². The summed E-state index contributed by atoms with van der Waals surface area (Å²) in [5.74, 6) is -0.272. The molecule has 0 saturated heterocycles. The third-order valence-corrected chi connectivity index (χ3v) is 3.28. The van der Waals surface area contributed by atoms with Gasteiger partial charge in [0.05, 0.1) is 12.3 Å². The van der Waals surface area contributed by atoms with Crippen LogP contribution in [0.3, 0.4) is 0 Å². The van der Waals surface area contributed by atoms with Crippen LogP contribution in [0.2, 0.25) is 0 Å². The van der Waals surface area contributed by atoms with Gasteiger partial charge in [0.2, 0.25) is 11.8 Å². The molecule has 1 atom stereocenters. The van der Waals surface area contributed by atoms with E-state index in [9.17, 15) is 9.59 Å². The zero-order chi connectivity index (χ0) is 15.1. The van der Waals surface area contributed by atoms with Gasteiger partial charge in [0.1, 0.15) is 0 Å². The molecule has 0 radical (unpaired) electrons. The minimum atomic E-state index is -0.214. The first-order valence-corrected chi connectivity index (χ1v) is 6.71. The van der Waals surface area contributed by atoms with Gasteiger partial charge in [-0.25, -0.2) is 0 Å². The van der Waals surface area contributed by atoms with Crippen LogP contribution in [0.4, 0.5) is 0 Å². The SMILES string of the molecule is CNC(=O)C(C)CN(C)C(=O)Cc1ccc(CN)cc1. The third kappa shape index (κ3) is 4.66. The van der Waals surface area contributed by atoms with E-state index in [0.29, 0.717) is 19.5 Å². The number of nitrogens with two attached hydrogens (primary N) is 1. The number of hydrogen-bond donors (Lipinski definition) is 2. The van der Waals surface area contributed by atoms with Gasteiger partial charge in [-0.1, -0.05) is 31.2 Å². The van der Waals surface area contributed by atoms with Crippen molar-refractivity contribution in [3.05, 3.63) is 35.4 Å². The van der Waals surface area contributed by atoms with Crippen LogP contribution in [0.15, 0.2) is 24.3 Å². The highest BCUT2D eigenvalue weighted by Crippen LogP contribution is 2.07. The molecule has 1 unspecified atom stereocenters. The van der Waals surface area contributed by atoms with Gasteiger partial charge < -0.3 is 16.0 Å². The van der Waals surface area contributed by atoms with E-state index in [1.54, 1.807) is 25.9 Å². The number of carbonyl (C=O) groups is 2. The summed E-state index contributed by atoms with van der Waals surface area (Å²) in [5.41, 5.74) is 7.53. The molecule has 0 saturated carbocycles. The minimum Gasteiger partial charge on any atom is -0.359 e. The lowest BCUT2D eigenvalue weighted by Crippen LogP contribution is -2.37. The van der Waals surface area contributed by atoms with E-state index in [0.717, 1.165) is 11.1 Å². The van der Waals surface area contributed by atoms with Crippen molar-refractivity contribution in [2.75, 3.05) is 20.6 Å². The van der Waals surface area contributed by atoms with E-state index in [-0.39, 0.29) is 17.7 Å². The van der Waals surface area contributed by atoms with Crippen molar-refractivity contribution in [3.8, 4) is 0 Å². The lowest BCUT2D eigenvalue weighted by atomic mass is 10.1. The Morgan fingerprint density at radius 1 is 1.25 bits per heavy atom. The largest absolute Gasteiger partial charge is 0.359 e. The Morgan fingerprint density at radius 2 is 1.80 bits per heavy atom. The van der Waals surface area contributed by atoms with Crippen molar-refractivity contribution < 1.29 is 9.59 Å². The Bertz CT molecular complexity index is 457. The number of nitrogens with one attached hydrogen (secondary N) is 1. The molecule has 0 bridgehead atoms. The molecule has 20 heavy (non-hydrogen) atoms. The summed E-state index contributed by atoms with van der Waals surface area (Å²) in [6.07, 6.45) is 0.335. The zero-order valence-electron chi connectivity index (χ0n) is 12.3. The smallest absolute Gasteiger partial charge is 0.226 e. The number of nitrogens with zero attached hydrogens (tertiary/aromatic N) is 1. The van der Waals surface area contributed by atoms with Crippen LogP contribution in [0.5, 0.6) is 0 Å². The van der Waals surface area contributed by atoms with E-state index >= 15 is 0 Å². The fraction of sp³-hybridized carbons (Fsp3) is 0.467. The van der Waals surface area contributed by atoms with Crippen molar-refractivity contribution in [1.82, 2.24) is 10.2 Å². The molecule has 0 aliphatic carbocycles. The van der Waals surface area contributed by atoms with Gasteiger partial charge in [-0.3, -0.25) is 9.59 Å². The van der Waals surface area contributed by atoms with Crippen LogP contribution in [-0.2, 0) is 22.6 Å². The normalized spacial score (nSPS) is 11.8. The predicted octanol–water partition coefficient (Wildman–Crippen LogP) is 0.528. The molecule has 1 aromatic carbocycles. The van der Waals surface area contributed by atoms with Crippen molar-refractivity contribution in [3.63, 3.8) is 0 Å². The second-order valence-electron chi connectivity index (χ2n) is 4.99. The summed E-state index contributed by atoms with van der Waals surface area (Å²) >= 11 is 0. The van der Waals surface area contributed by atoms with Crippen LogP contribution in [0.25, 0.3) is 0 Å². The molecule has 5 nitrogen and oxygen atoms in total. The number of amides is 2. The van der Waals surface area contributed by atoms with Crippen molar-refractivity contribution in [2.45, 2.75) is 19.9 Å². The molecule has 0 aliphatic rings. The highest BCUT2D eigenvalue weighted by Gasteiger charge is 2.17. The second-order valence-corrected chi connectivity index (χ2v) is 4.99. The Kier molecular flexibility index (Phi) is 6.18. The summed E-state index contributed by atoms with van der Waals surface area (Å²) in [7, 11) is 3.32. The topological polar surface area (TPSA) is 75.4 Å². The molecule has 2 amide bonds. The molecule has 0 aromatic heterocycles. The molecule has 110 valence electrons. The Balaban J connectivity index is 2.54. The Hall–Kier alpha value is -1.88. The number of rotatable bonds is 6. The van der Waals surface area contributed by atoms with Gasteiger partial charge in [0.25, 0.3) is 0 Å². The maximum absolute atomic E-state index is 12.1. The number of hydrogen-bond acceptors (Lipinski definition) is 3. The first-order valence-electron chi connectivity index (χ1n) is 6.71. The molecule has 5 heteroatoms. The standard InChI is InChI=1S/C15H23N3O2/c1-11(15(20)17-2)10-18(3)14(19)8-12-4-6-13(9-16)7-5-12/h4-7,11H,8-10,16H2,1-3H3,(H,17,20). The molecular formula is C15H23N3O2. The number of likely N-dealkylation sites (N-methyl/N-ethyl adjacent to an activating group) is 1. The summed E-state index contributed by atoms with van der Waals surface area (Å²) in [5, 5.41) is 2.58. The van der Waals surface area contributed by atoms with Gasteiger partial charge in [-0.05, 0) is 11.1 Å². The highest BCUT2D eigenvalue weighted by atomic mass is 16.2. The quantitative estimate of drug-likeness (QED) is 0.796. The van der Waals surface area contributed by atoms with Crippen LogP contribution in [-0.4, -0.2) is 37.4 Å². The summed E-state index contributed by atoms with van der Waals surface area (Å²) in [6.45, 7) is 2.72. The van der Waals surface area contributed by atoms with E-state index in [4.69, 9.17) is 5.73 Å². The molecule has 0 spiro atoms. The fourth-order valence-corrected chi connectivity index (χ4v) is 1.94. The first-order chi connectivity index (χ1) is 9.47. The predicted molar refractivity (Wildman–Crippen MR) is 78.9 cm³/mol. The maximum Gasteiger partial charge on any atom is 0.226 e. The van der Waals surface area contributed by atoms with Crippen LogP contribution in [0.1, 0.15) is 18.1 Å². The summed E-state index contributed by atoms with van der Waals surface area (Å²) in [6, 6.07) is 7.68. The van der Waals surface area contributed by atoms with Crippen LogP contribution < -0.4 is 11.1 Å². The average molecular weight is 277 g/mol. The zero-order valence-corrected chi connectivity index (χ0v) is 12.3. The Labute approximate surface area is 120 Å². The average Bonchev–Trinajstić information content (AvgIpc) is 2.46. The fourth-order valence-electron chi connectivity index (χ4n) is 1.94. The summed E-state index contributed by atoms with van der Waals surface area (Å²) < 4.78 is 0. The van der Waals surface area contributed by atoms with Gasteiger partial charge in [-0.2, -0.15) is 0 Å². The van der Waals surface area contributed by atoms with Crippen molar-refractivity contribution >= 4 is 11.8 Å². The second kappa shape index (κ2) is 7.65. The number of benzene rings is 1. The van der Waals surface area contributed by atoms with Crippen LogP contribution in [0, 0.1) is 5.92 Å². The van der Waals surface area contributed by atoms with Gasteiger partial charge in [0, 0.05) is 27.2 Å². The molecule has 0 aliphatic heterocycles. The molecular weight excluding hydrogens is 254 g/mol. The van der Waals surface area contributed by atoms with E-state index in [2.05, 4.69) is 5.32 Å². The van der Waals surface area contributed by atoms with Gasteiger partial charge in [-0.15, -0.1) is 0 Å². The van der Waals surface area contributed by atoms with E-state index in [1.165, 1.54) is 0 Å². The van der Waals surface area contributed by atoms with Crippen molar-refractivity contribution in [1.29, 1.82) is 0 Å². The van der Waals surface area contributed by atoms with Gasteiger partial charge >= 0.3 is 0 Å². The van der Waals surface area contributed by atoms with Crippen LogP contribution >= 0.6 is 0 Å². The maximum atomic E-state index is 12.1. The van der Waals surface area contributed by atoms with Gasteiger partial charge in [0.15, 0.2) is 0 Å². The number of carbonyl (C=O) groups excluding carboxylic acids is 2. The van der Waals surface area contributed by atoms with E-state index in [1.807, 2.05) is 24.3 Å². The lowest BCUT2D eigenvalue weighted by Gasteiger charge is -2.20. The monoisotopic (exact) mass is 277 g/mol. The van der Waals surface area contributed by atoms with E-state index < -0.39 is 0 Å². The lowest BCUT2D eigenvalue weighted by molar-refractivity contribution is -0.131. The third-order valence-electron chi connectivity index (χ3n) is 3.28. The molecule has 3 N–H and O–H groups in total. The minimum absolute atomic E-state index is 0.00116. The summed E-state index contributed by atoms with van der Waals surface area (Å²) in [4.78, 5) is 25.1. The molecule has 1 aromatic rings. The molecule has 1 rings (SSSR count). The molecule has 0 fully saturated rings. The first kappa shape index (κ1) is 16.2. The highest BCUT2D eigenvalue weighted by molar-refractivity contribution is 5.81. The Morgan fingerprint density at radius 3 is 2.30 bits per heavy atom. The molecule has 0 heterocycles.